The van der Waals surface area contributed by atoms with Crippen LogP contribution in [0.3, 0.4) is 0 Å². The molecule has 0 fully saturated rings. The second-order valence-electron chi connectivity index (χ2n) is 4.37. The molecule has 4 heteroatoms. The van der Waals surface area contributed by atoms with Crippen LogP contribution in [-0.2, 0) is 6.54 Å². The van der Waals surface area contributed by atoms with Crippen LogP contribution in [0.1, 0.15) is 24.1 Å². The number of halogens is 3. The number of nitrogens with one attached hydrogen (secondary N) is 1. The van der Waals surface area contributed by atoms with Crippen molar-refractivity contribution in [2.75, 3.05) is 0 Å². The molecule has 100 valence electrons. The minimum Gasteiger partial charge on any atom is -0.306 e. The third-order valence-electron chi connectivity index (χ3n) is 2.98. The topological polar surface area (TPSA) is 12.0 Å². The maximum Gasteiger partial charge on any atom is 0.163 e. The van der Waals surface area contributed by atoms with Gasteiger partial charge in [-0.2, -0.15) is 0 Å². The molecule has 0 heterocycles. The summed E-state index contributed by atoms with van der Waals surface area (Å²) in [5, 5.41) is 3.18. The Morgan fingerprint density at radius 3 is 2.63 bits per heavy atom. The van der Waals surface area contributed by atoms with Crippen LogP contribution in [0.25, 0.3) is 0 Å². The molecule has 2 aromatic carbocycles. The summed E-state index contributed by atoms with van der Waals surface area (Å²) in [6.45, 7) is 2.27. The largest absolute Gasteiger partial charge is 0.306 e. The summed E-state index contributed by atoms with van der Waals surface area (Å²) in [4.78, 5) is 0. The molecule has 1 N–H and O–H groups in total. The molecule has 0 aliphatic carbocycles. The summed E-state index contributed by atoms with van der Waals surface area (Å²) >= 11 is 3.41. The average Bonchev–Trinajstić information content (AvgIpc) is 2.40. The van der Waals surface area contributed by atoms with E-state index in [9.17, 15) is 8.78 Å². The quantitative estimate of drug-likeness (QED) is 0.867. The predicted octanol–water partition coefficient (Wildman–Crippen LogP) is 4.58. The van der Waals surface area contributed by atoms with Crippen molar-refractivity contribution in [3.05, 3.63) is 69.7 Å². The molecule has 0 saturated carbocycles. The Balaban J connectivity index is 2.04. The zero-order chi connectivity index (χ0) is 13.8. The van der Waals surface area contributed by atoms with E-state index in [-0.39, 0.29) is 12.6 Å². The fourth-order valence-corrected chi connectivity index (χ4v) is 2.26. The molecular weight excluding hydrogens is 312 g/mol. The summed E-state index contributed by atoms with van der Waals surface area (Å²) in [5.41, 5.74) is 1.42. The Bertz CT molecular complexity index is 572. The van der Waals surface area contributed by atoms with E-state index in [0.29, 0.717) is 5.56 Å². The lowest BCUT2D eigenvalue weighted by Crippen LogP contribution is -2.19. The van der Waals surface area contributed by atoms with Crippen molar-refractivity contribution in [3.8, 4) is 0 Å². The summed E-state index contributed by atoms with van der Waals surface area (Å²) < 4.78 is 27.6. The first-order chi connectivity index (χ1) is 9.08. The van der Waals surface area contributed by atoms with Gasteiger partial charge in [-0.05, 0) is 30.7 Å². The highest BCUT2D eigenvalue weighted by atomic mass is 79.9. The van der Waals surface area contributed by atoms with Gasteiger partial charge in [-0.15, -0.1) is 0 Å². The standard InChI is InChI=1S/C15H14BrF2N/c1-10(11-4-2-6-13(16)8-11)19-9-12-5-3-7-14(17)15(12)18/h2-8,10,19H,9H2,1H3. The van der Waals surface area contributed by atoms with Gasteiger partial charge >= 0.3 is 0 Å². The van der Waals surface area contributed by atoms with Gasteiger partial charge < -0.3 is 5.32 Å². The highest BCUT2D eigenvalue weighted by Crippen LogP contribution is 2.19. The first-order valence-electron chi connectivity index (χ1n) is 5.99. The molecule has 0 aromatic heterocycles. The highest BCUT2D eigenvalue weighted by Gasteiger charge is 2.10. The van der Waals surface area contributed by atoms with E-state index < -0.39 is 11.6 Å². The number of rotatable bonds is 4. The molecule has 2 aromatic rings. The molecule has 0 radical (unpaired) electrons. The summed E-state index contributed by atoms with van der Waals surface area (Å²) in [6.07, 6.45) is 0. The lowest BCUT2D eigenvalue weighted by Gasteiger charge is -2.15. The lowest BCUT2D eigenvalue weighted by atomic mass is 10.1. The van der Waals surface area contributed by atoms with Crippen molar-refractivity contribution in [2.45, 2.75) is 19.5 Å². The molecule has 0 aliphatic rings. The number of hydrogen-bond donors (Lipinski definition) is 1. The summed E-state index contributed by atoms with van der Waals surface area (Å²) in [5.74, 6) is -1.59. The Morgan fingerprint density at radius 2 is 1.89 bits per heavy atom. The molecule has 0 amide bonds. The molecule has 19 heavy (non-hydrogen) atoms. The number of benzene rings is 2. The zero-order valence-electron chi connectivity index (χ0n) is 10.5. The van der Waals surface area contributed by atoms with Gasteiger partial charge in [0, 0.05) is 22.6 Å². The molecule has 1 nitrogen and oxygen atoms in total. The Kier molecular flexibility index (Phi) is 4.66. The average molecular weight is 326 g/mol. The van der Waals surface area contributed by atoms with Gasteiger partial charge in [0.1, 0.15) is 0 Å². The van der Waals surface area contributed by atoms with Crippen molar-refractivity contribution < 1.29 is 8.78 Å². The zero-order valence-corrected chi connectivity index (χ0v) is 12.0. The minimum absolute atomic E-state index is 0.0557. The van der Waals surface area contributed by atoms with Gasteiger partial charge in [0.05, 0.1) is 0 Å². The maximum atomic E-state index is 13.5. The molecular formula is C15H14BrF2N. The fourth-order valence-electron chi connectivity index (χ4n) is 1.84. The Hall–Kier alpha value is -1.26. The van der Waals surface area contributed by atoms with Gasteiger partial charge in [-0.1, -0.05) is 40.2 Å². The molecule has 0 saturated heterocycles. The third-order valence-corrected chi connectivity index (χ3v) is 3.47. The van der Waals surface area contributed by atoms with Crippen LogP contribution < -0.4 is 5.32 Å². The van der Waals surface area contributed by atoms with Crippen molar-refractivity contribution >= 4 is 15.9 Å². The van der Waals surface area contributed by atoms with E-state index >= 15 is 0 Å². The van der Waals surface area contributed by atoms with Crippen LogP contribution in [0.2, 0.25) is 0 Å². The van der Waals surface area contributed by atoms with Gasteiger partial charge in [0.15, 0.2) is 11.6 Å². The minimum atomic E-state index is -0.811. The Labute approximate surface area is 119 Å². The van der Waals surface area contributed by atoms with Gasteiger partial charge in [0.25, 0.3) is 0 Å². The smallest absolute Gasteiger partial charge is 0.163 e. The predicted molar refractivity (Wildman–Crippen MR) is 75.8 cm³/mol. The van der Waals surface area contributed by atoms with E-state index in [1.807, 2.05) is 31.2 Å². The maximum absolute atomic E-state index is 13.5. The molecule has 0 spiro atoms. The second kappa shape index (κ2) is 6.26. The fraction of sp³-hybridized carbons (Fsp3) is 0.200. The summed E-state index contributed by atoms with van der Waals surface area (Å²) in [7, 11) is 0. The lowest BCUT2D eigenvalue weighted by molar-refractivity contribution is 0.484. The SMILES string of the molecule is CC(NCc1cccc(F)c1F)c1cccc(Br)c1. The first kappa shape index (κ1) is 14.2. The Morgan fingerprint density at radius 1 is 1.16 bits per heavy atom. The van der Waals surface area contributed by atoms with Gasteiger partial charge in [-0.3, -0.25) is 0 Å². The van der Waals surface area contributed by atoms with Crippen LogP contribution in [0.5, 0.6) is 0 Å². The van der Waals surface area contributed by atoms with Crippen molar-refractivity contribution in [3.63, 3.8) is 0 Å². The normalized spacial score (nSPS) is 12.4. The van der Waals surface area contributed by atoms with Crippen LogP contribution in [0.15, 0.2) is 46.9 Å². The summed E-state index contributed by atoms with van der Waals surface area (Å²) in [6, 6.07) is 12.2. The molecule has 0 bridgehead atoms. The van der Waals surface area contributed by atoms with E-state index in [2.05, 4.69) is 21.2 Å². The van der Waals surface area contributed by atoms with Crippen LogP contribution in [0, 0.1) is 11.6 Å². The van der Waals surface area contributed by atoms with Crippen molar-refractivity contribution in [1.82, 2.24) is 5.32 Å². The van der Waals surface area contributed by atoms with E-state index in [1.165, 1.54) is 6.07 Å². The molecule has 1 unspecified atom stereocenters. The van der Waals surface area contributed by atoms with Crippen LogP contribution >= 0.6 is 15.9 Å². The van der Waals surface area contributed by atoms with Crippen LogP contribution in [-0.4, -0.2) is 0 Å². The third kappa shape index (κ3) is 3.61. The first-order valence-corrected chi connectivity index (χ1v) is 6.79. The van der Waals surface area contributed by atoms with E-state index in [0.717, 1.165) is 16.1 Å². The molecule has 2 rings (SSSR count). The van der Waals surface area contributed by atoms with Crippen molar-refractivity contribution in [2.24, 2.45) is 0 Å². The highest BCUT2D eigenvalue weighted by molar-refractivity contribution is 9.10. The van der Waals surface area contributed by atoms with Crippen molar-refractivity contribution in [1.29, 1.82) is 0 Å². The second-order valence-corrected chi connectivity index (χ2v) is 5.29. The molecule has 0 aliphatic heterocycles. The van der Waals surface area contributed by atoms with Gasteiger partial charge in [-0.25, -0.2) is 8.78 Å². The van der Waals surface area contributed by atoms with E-state index in [1.54, 1.807) is 6.07 Å². The van der Waals surface area contributed by atoms with Crippen LogP contribution in [0.4, 0.5) is 8.78 Å². The monoisotopic (exact) mass is 325 g/mol. The number of hydrogen-bond acceptors (Lipinski definition) is 1. The van der Waals surface area contributed by atoms with Gasteiger partial charge in [0.2, 0.25) is 0 Å². The molecule has 1 atom stereocenters. The van der Waals surface area contributed by atoms with E-state index in [4.69, 9.17) is 0 Å².